The molecule has 1 atom stereocenters. The van der Waals surface area contributed by atoms with Gasteiger partial charge < -0.3 is 20.9 Å². The Hall–Kier alpha value is -3.77. The van der Waals surface area contributed by atoms with E-state index >= 15 is 0 Å². The molecule has 0 heterocycles. The van der Waals surface area contributed by atoms with Crippen LogP contribution < -0.4 is 11.5 Å². The van der Waals surface area contributed by atoms with Gasteiger partial charge in [-0.2, -0.15) is 8.42 Å². The second-order valence-electron chi connectivity index (χ2n) is 5.90. The van der Waals surface area contributed by atoms with Gasteiger partial charge in [0.05, 0.1) is 17.5 Å². The molecular weight excluding hydrogens is 418 g/mol. The summed E-state index contributed by atoms with van der Waals surface area (Å²) in [5.41, 5.74) is 10.9. The topological polar surface area (TPSA) is 200 Å². The molecule has 30 heavy (non-hydrogen) atoms. The number of anilines is 2. The number of nitrogens with one attached hydrogen (secondary N) is 1. The van der Waals surface area contributed by atoms with Crippen molar-refractivity contribution in [1.82, 2.24) is 0 Å². The zero-order valence-corrected chi connectivity index (χ0v) is 16.1. The highest BCUT2D eigenvalue weighted by atomic mass is 32.2. The third-order valence-corrected chi connectivity index (χ3v) is 4.84. The van der Waals surface area contributed by atoms with Crippen molar-refractivity contribution in [3.05, 3.63) is 59.7 Å². The highest BCUT2D eigenvalue weighted by Crippen LogP contribution is 2.16. The Morgan fingerprint density at radius 3 is 1.77 bits per heavy atom. The van der Waals surface area contributed by atoms with Gasteiger partial charge in [-0.1, -0.05) is 24.3 Å². The average Bonchev–Trinajstić information content (AvgIpc) is 2.65. The van der Waals surface area contributed by atoms with E-state index in [0.29, 0.717) is 0 Å². The number of para-hydroxylation sites is 2. The van der Waals surface area contributed by atoms with Crippen molar-refractivity contribution in [2.24, 2.45) is 0 Å². The van der Waals surface area contributed by atoms with E-state index in [1.54, 1.807) is 6.07 Å². The highest BCUT2D eigenvalue weighted by molar-refractivity contribution is 7.87. The Morgan fingerprint density at radius 1 is 0.900 bits per heavy atom. The molecular formula is C18H17N3O8S. The quantitative estimate of drug-likeness (QED) is 0.127. The number of nitrogens with two attached hydrogens (primary N) is 2. The molecule has 0 aliphatic carbocycles. The van der Waals surface area contributed by atoms with Crippen LogP contribution in [0.5, 0.6) is 0 Å². The molecule has 0 bridgehead atoms. The van der Waals surface area contributed by atoms with Crippen LogP contribution in [0.4, 0.5) is 11.4 Å². The molecule has 0 saturated heterocycles. The maximum atomic E-state index is 12.2. The lowest BCUT2D eigenvalue weighted by Crippen LogP contribution is -2.36. The summed E-state index contributed by atoms with van der Waals surface area (Å²) >= 11 is 0. The molecule has 0 aromatic heterocycles. The van der Waals surface area contributed by atoms with Crippen LogP contribution >= 0.6 is 0 Å². The first-order valence-electron chi connectivity index (χ1n) is 8.21. The Morgan fingerprint density at radius 2 is 1.33 bits per heavy atom. The number of rotatable bonds is 6. The summed E-state index contributed by atoms with van der Waals surface area (Å²) < 4.78 is 41.6. The van der Waals surface area contributed by atoms with Crippen LogP contribution in [-0.4, -0.2) is 42.0 Å². The van der Waals surface area contributed by atoms with Gasteiger partial charge in [0.15, 0.2) is 11.1 Å². The van der Waals surface area contributed by atoms with Crippen LogP contribution in [0.3, 0.4) is 0 Å². The number of carbonyl (C=O) groups is 3. The second-order valence-corrected chi connectivity index (χ2v) is 7.50. The van der Waals surface area contributed by atoms with Crippen LogP contribution in [0.25, 0.3) is 0 Å². The van der Waals surface area contributed by atoms with Crippen molar-refractivity contribution >= 4 is 45.3 Å². The van der Waals surface area contributed by atoms with Crippen LogP contribution in [-0.2, 0) is 24.4 Å². The monoisotopic (exact) mass is 435 g/mol. The third kappa shape index (κ3) is 5.62. The van der Waals surface area contributed by atoms with Gasteiger partial charge in [0.2, 0.25) is 0 Å². The molecule has 158 valence electrons. The van der Waals surface area contributed by atoms with E-state index < -0.39 is 45.6 Å². The zero-order chi connectivity index (χ0) is 22.5. The van der Waals surface area contributed by atoms with Crippen LogP contribution in [0.2, 0.25) is 0 Å². The maximum Gasteiger partial charge on any atom is 0.347 e. The van der Waals surface area contributed by atoms with Gasteiger partial charge in [0, 0.05) is 11.4 Å². The predicted octanol–water partition coefficient (Wildman–Crippen LogP) is 1.02. The fourth-order valence-corrected chi connectivity index (χ4v) is 2.92. The standard InChI is InChI=1S/C18H17N3O8S/c19-12-7-3-1-5-10(12)16(22)28-15(21)9-14(30(25,26)27)18(24)29-17(23)11-6-2-4-8-13(11)20/h1-8,14,21H,9,19-20H2,(H,25,26,27). The van der Waals surface area contributed by atoms with Crippen LogP contribution in [0.15, 0.2) is 48.5 Å². The number of ether oxygens (including phenoxy) is 2. The van der Waals surface area contributed by atoms with Crippen molar-refractivity contribution in [3.63, 3.8) is 0 Å². The number of hydrogen-bond donors (Lipinski definition) is 4. The highest BCUT2D eigenvalue weighted by Gasteiger charge is 2.36. The first-order valence-corrected chi connectivity index (χ1v) is 9.72. The molecule has 6 N–H and O–H groups in total. The Labute approximate surface area is 170 Å². The van der Waals surface area contributed by atoms with Crippen LogP contribution in [0.1, 0.15) is 27.1 Å². The molecule has 2 aromatic rings. The summed E-state index contributed by atoms with van der Waals surface area (Å²) in [5.74, 6) is -4.98. The maximum absolute atomic E-state index is 12.2. The zero-order valence-electron chi connectivity index (χ0n) is 15.3. The van der Waals surface area contributed by atoms with E-state index in [1.165, 1.54) is 42.5 Å². The Bertz CT molecular complexity index is 1110. The van der Waals surface area contributed by atoms with Gasteiger partial charge in [-0.3, -0.25) is 14.8 Å². The lowest BCUT2D eigenvalue weighted by atomic mass is 10.2. The van der Waals surface area contributed by atoms with Crippen LogP contribution in [0, 0.1) is 5.41 Å². The van der Waals surface area contributed by atoms with Crippen molar-refractivity contribution in [2.75, 3.05) is 11.5 Å². The summed E-state index contributed by atoms with van der Waals surface area (Å²) in [4.78, 5) is 36.2. The van der Waals surface area contributed by atoms with Gasteiger partial charge in [-0.25, -0.2) is 9.59 Å². The van der Waals surface area contributed by atoms with E-state index in [0.717, 1.165) is 0 Å². The Kier molecular flexibility index (Phi) is 6.87. The molecule has 12 heteroatoms. The fraction of sp³-hybridized carbons (Fsp3) is 0.111. The van der Waals surface area contributed by atoms with E-state index in [4.69, 9.17) is 16.9 Å². The molecule has 2 rings (SSSR count). The minimum absolute atomic E-state index is 0.0270. The van der Waals surface area contributed by atoms with E-state index in [9.17, 15) is 27.4 Å². The fourth-order valence-electron chi connectivity index (χ4n) is 2.27. The van der Waals surface area contributed by atoms with Crippen molar-refractivity contribution in [3.8, 4) is 0 Å². The van der Waals surface area contributed by atoms with Gasteiger partial charge in [0.1, 0.15) is 0 Å². The van der Waals surface area contributed by atoms with Crippen molar-refractivity contribution in [1.29, 1.82) is 5.41 Å². The molecule has 0 fully saturated rings. The first-order chi connectivity index (χ1) is 14.0. The molecule has 0 amide bonds. The van der Waals surface area contributed by atoms with Gasteiger partial charge >= 0.3 is 17.9 Å². The molecule has 0 radical (unpaired) electrons. The summed E-state index contributed by atoms with van der Waals surface area (Å²) in [6, 6.07) is 11.3. The first kappa shape index (κ1) is 22.5. The van der Waals surface area contributed by atoms with Gasteiger partial charge in [-0.15, -0.1) is 0 Å². The summed E-state index contributed by atoms with van der Waals surface area (Å²) in [6.45, 7) is 0. The van der Waals surface area contributed by atoms with Crippen molar-refractivity contribution in [2.45, 2.75) is 11.7 Å². The lowest BCUT2D eigenvalue weighted by molar-refractivity contribution is -0.137. The molecule has 1 unspecified atom stereocenters. The number of esters is 3. The minimum atomic E-state index is -5.12. The van der Waals surface area contributed by atoms with Crippen molar-refractivity contribution < 1.29 is 36.8 Å². The third-order valence-electron chi connectivity index (χ3n) is 3.76. The molecule has 0 aliphatic heterocycles. The van der Waals surface area contributed by atoms with E-state index in [1.807, 2.05) is 0 Å². The van der Waals surface area contributed by atoms with Gasteiger partial charge in [0.25, 0.3) is 10.1 Å². The van der Waals surface area contributed by atoms with E-state index in [-0.39, 0.29) is 22.5 Å². The summed E-state index contributed by atoms with van der Waals surface area (Å²) in [7, 11) is -5.12. The number of hydrogen-bond acceptors (Lipinski definition) is 10. The molecule has 11 nitrogen and oxygen atoms in total. The van der Waals surface area contributed by atoms with Gasteiger partial charge in [-0.05, 0) is 24.3 Å². The smallest absolute Gasteiger partial charge is 0.347 e. The summed E-state index contributed by atoms with van der Waals surface area (Å²) in [5, 5.41) is 5.26. The largest absolute Gasteiger partial charge is 0.408 e. The molecule has 0 spiro atoms. The SMILES string of the molecule is N=C(CC(C(=O)OC(=O)c1ccccc1N)S(=O)(=O)O)OC(=O)c1ccccc1N. The number of nitrogen functional groups attached to an aromatic ring is 2. The minimum Gasteiger partial charge on any atom is -0.408 e. The lowest BCUT2D eigenvalue weighted by Gasteiger charge is -2.14. The molecule has 0 saturated carbocycles. The predicted molar refractivity (Wildman–Crippen MR) is 105 cm³/mol. The molecule has 0 aliphatic rings. The normalized spacial score (nSPS) is 11.9. The summed E-state index contributed by atoms with van der Waals surface area (Å²) in [6.07, 6.45) is -1.08. The van der Waals surface area contributed by atoms with E-state index in [2.05, 4.69) is 9.47 Å². The second kappa shape index (κ2) is 9.15. The average molecular weight is 435 g/mol. The molecule has 2 aromatic carbocycles. The number of carbonyl (C=O) groups excluding carboxylic acids is 3. The number of benzene rings is 2. The Balaban J connectivity index is 2.12.